The summed E-state index contributed by atoms with van der Waals surface area (Å²) in [4.78, 5) is 0. The van der Waals surface area contributed by atoms with Crippen molar-refractivity contribution in [2.24, 2.45) is 0 Å². The van der Waals surface area contributed by atoms with Crippen LogP contribution in [-0.2, 0) is 6.42 Å². The molecule has 0 amide bonds. The van der Waals surface area contributed by atoms with E-state index in [1.165, 1.54) is 11.1 Å². The number of hydrogen-bond acceptors (Lipinski definition) is 0. The molecule has 0 fully saturated rings. The van der Waals surface area contributed by atoms with Gasteiger partial charge in [-0.3, -0.25) is 0 Å². The summed E-state index contributed by atoms with van der Waals surface area (Å²) >= 11 is 0. The zero-order valence-electron chi connectivity index (χ0n) is 13.5. The average Bonchev–Trinajstić information content (AvgIpc) is 2.58. The van der Waals surface area contributed by atoms with Crippen LogP contribution >= 0.6 is 0 Å². The molecule has 2 aromatic carbocycles. The number of hydrogen-bond donors (Lipinski definition) is 0. The Morgan fingerprint density at radius 3 is 1.64 bits per heavy atom. The summed E-state index contributed by atoms with van der Waals surface area (Å²) in [5.41, 5.74) is 3.52. The summed E-state index contributed by atoms with van der Waals surface area (Å²) in [5, 5.41) is 0. The first kappa shape index (κ1) is 19.4. The molecule has 2 aromatic rings. The van der Waals surface area contributed by atoms with Gasteiger partial charge in [-0.1, -0.05) is 104 Å². The smallest absolute Gasteiger partial charge is 0.0100 e. The lowest BCUT2D eigenvalue weighted by molar-refractivity contribution is 1.28. The Morgan fingerprint density at radius 1 is 0.864 bits per heavy atom. The minimum atomic E-state index is 0.973. The van der Waals surface area contributed by atoms with Gasteiger partial charge in [0.25, 0.3) is 0 Å². The highest BCUT2D eigenvalue weighted by atomic mass is 13.9. The van der Waals surface area contributed by atoms with E-state index in [2.05, 4.69) is 38.4 Å². The van der Waals surface area contributed by atoms with Crippen LogP contribution in [0.5, 0.6) is 0 Å². The topological polar surface area (TPSA) is 0 Å². The van der Waals surface area contributed by atoms with Gasteiger partial charge < -0.3 is 0 Å². The molecule has 0 bridgehead atoms. The molecule has 0 aliphatic carbocycles. The quantitative estimate of drug-likeness (QED) is 0.446. The fraction of sp³-hybridized carbons (Fsp3) is 0.0909. The maximum Gasteiger partial charge on any atom is -0.0100 e. The van der Waals surface area contributed by atoms with Gasteiger partial charge in [-0.15, -0.1) is 6.58 Å². The molecule has 0 aliphatic heterocycles. The second kappa shape index (κ2) is 13.4. The van der Waals surface area contributed by atoms with Gasteiger partial charge in [0.15, 0.2) is 0 Å². The average molecular weight is 290 g/mol. The van der Waals surface area contributed by atoms with Gasteiger partial charge in [-0.25, -0.2) is 0 Å². The molecule has 0 spiro atoms. The molecular formula is C22H26. The van der Waals surface area contributed by atoms with Crippen LogP contribution in [0.25, 0.3) is 6.08 Å². The first-order valence-corrected chi connectivity index (χ1v) is 7.24. The highest BCUT2D eigenvalue weighted by Crippen LogP contribution is 1.98. The van der Waals surface area contributed by atoms with E-state index in [0.29, 0.717) is 0 Å². The third kappa shape index (κ3) is 11.2. The number of allylic oxidation sites excluding steroid dienone is 3. The fourth-order valence-corrected chi connectivity index (χ4v) is 1.37. The van der Waals surface area contributed by atoms with Gasteiger partial charge in [0, 0.05) is 0 Å². The van der Waals surface area contributed by atoms with Crippen molar-refractivity contribution in [2.45, 2.75) is 13.3 Å². The molecule has 114 valence electrons. The van der Waals surface area contributed by atoms with Gasteiger partial charge in [0.05, 0.1) is 0 Å². The van der Waals surface area contributed by atoms with E-state index >= 15 is 0 Å². The van der Waals surface area contributed by atoms with Crippen LogP contribution in [-0.4, -0.2) is 0 Å². The molecule has 0 nitrogen and oxygen atoms in total. The van der Waals surface area contributed by atoms with Gasteiger partial charge in [-0.05, 0) is 24.5 Å². The van der Waals surface area contributed by atoms with Crippen molar-refractivity contribution in [3.63, 3.8) is 0 Å². The monoisotopic (exact) mass is 290 g/mol. The van der Waals surface area contributed by atoms with Crippen LogP contribution in [0.2, 0.25) is 0 Å². The normalized spacial score (nSPS) is 8.23. The molecular weight excluding hydrogens is 264 g/mol. The van der Waals surface area contributed by atoms with Crippen LogP contribution in [0, 0.1) is 0 Å². The lowest BCUT2D eigenvalue weighted by atomic mass is 10.2. The Labute approximate surface area is 135 Å². The summed E-state index contributed by atoms with van der Waals surface area (Å²) < 4.78 is 0. The third-order valence-electron chi connectivity index (χ3n) is 2.61. The van der Waals surface area contributed by atoms with E-state index in [1.54, 1.807) is 6.08 Å². The van der Waals surface area contributed by atoms with Crippen molar-refractivity contribution in [1.82, 2.24) is 0 Å². The maximum absolute atomic E-state index is 3.66. The predicted octanol–water partition coefficient (Wildman–Crippen LogP) is 6.49. The zero-order valence-corrected chi connectivity index (χ0v) is 13.5. The van der Waals surface area contributed by atoms with Crippen molar-refractivity contribution < 1.29 is 0 Å². The van der Waals surface area contributed by atoms with Crippen LogP contribution in [0.3, 0.4) is 0 Å². The Morgan fingerprint density at radius 2 is 1.32 bits per heavy atom. The first-order valence-electron chi connectivity index (χ1n) is 7.24. The summed E-state index contributed by atoms with van der Waals surface area (Å²) in [5.74, 6) is 0. The third-order valence-corrected chi connectivity index (χ3v) is 2.61. The van der Waals surface area contributed by atoms with E-state index < -0.39 is 0 Å². The van der Waals surface area contributed by atoms with Crippen molar-refractivity contribution in [2.75, 3.05) is 0 Å². The molecule has 0 heteroatoms. The summed E-state index contributed by atoms with van der Waals surface area (Å²) in [6.07, 6.45) is 6.44. The number of rotatable bonds is 4. The molecule has 2 rings (SSSR count). The summed E-state index contributed by atoms with van der Waals surface area (Å²) in [7, 11) is 0. The van der Waals surface area contributed by atoms with E-state index in [1.807, 2.05) is 67.6 Å². The minimum absolute atomic E-state index is 0.973. The van der Waals surface area contributed by atoms with Gasteiger partial charge >= 0.3 is 0 Å². The lowest BCUT2D eigenvalue weighted by Crippen LogP contribution is -1.75. The predicted molar refractivity (Wildman–Crippen MR) is 102 cm³/mol. The van der Waals surface area contributed by atoms with Crippen molar-refractivity contribution in [1.29, 1.82) is 0 Å². The van der Waals surface area contributed by atoms with Gasteiger partial charge in [0.2, 0.25) is 0 Å². The molecule has 0 aromatic heterocycles. The zero-order chi connectivity index (χ0) is 16.6. The molecule has 0 saturated carbocycles. The SMILES string of the molecule is C=CC(=C)C.C=CCc1ccccc1.C=Cc1ccccc1. The van der Waals surface area contributed by atoms with E-state index in [9.17, 15) is 0 Å². The fourth-order valence-electron chi connectivity index (χ4n) is 1.37. The minimum Gasteiger partial charge on any atom is -0.103 e. The van der Waals surface area contributed by atoms with Gasteiger partial charge in [0.1, 0.15) is 0 Å². The lowest BCUT2D eigenvalue weighted by Gasteiger charge is -1.91. The van der Waals surface area contributed by atoms with E-state index in [-0.39, 0.29) is 0 Å². The second-order valence-electron chi connectivity index (χ2n) is 4.64. The Kier molecular flexibility index (Phi) is 11.8. The van der Waals surface area contributed by atoms with Crippen molar-refractivity contribution in [3.8, 4) is 0 Å². The Balaban J connectivity index is 0.000000315. The van der Waals surface area contributed by atoms with Crippen LogP contribution in [0.1, 0.15) is 18.1 Å². The summed E-state index contributed by atoms with van der Waals surface area (Å²) in [6, 6.07) is 20.3. The molecule has 22 heavy (non-hydrogen) atoms. The number of benzene rings is 2. The van der Waals surface area contributed by atoms with Crippen molar-refractivity contribution >= 4 is 6.08 Å². The highest BCUT2D eigenvalue weighted by Gasteiger charge is 1.82. The molecule has 0 aliphatic rings. The molecule has 0 saturated heterocycles. The van der Waals surface area contributed by atoms with Gasteiger partial charge in [-0.2, -0.15) is 0 Å². The molecule has 0 radical (unpaired) electrons. The van der Waals surface area contributed by atoms with Crippen LogP contribution in [0.4, 0.5) is 0 Å². The first-order chi connectivity index (χ1) is 10.6. The molecule has 0 N–H and O–H groups in total. The van der Waals surface area contributed by atoms with Crippen LogP contribution in [0.15, 0.2) is 105 Å². The molecule has 0 heterocycles. The van der Waals surface area contributed by atoms with E-state index in [4.69, 9.17) is 0 Å². The highest BCUT2D eigenvalue weighted by molar-refractivity contribution is 5.45. The van der Waals surface area contributed by atoms with Crippen LogP contribution < -0.4 is 0 Å². The molecule has 0 atom stereocenters. The maximum atomic E-state index is 3.66. The standard InChI is InChI=1S/C9H10.C8H8.C5H8/c1-2-6-9-7-4-3-5-8-9;1-2-8-6-4-3-5-7-8;1-4-5(2)3/h2-5,7-8H,1,6H2;2-7H,1H2;4H,1-2H2,3H3. The Hall–Kier alpha value is -2.60. The molecule has 0 unspecified atom stereocenters. The second-order valence-corrected chi connectivity index (χ2v) is 4.64. The summed E-state index contributed by atoms with van der Waals surface area (Å²) in [6.45, 7) is 16.2. The van der Waals surface area contributed by atoms with E-state index in [0.717, 1.165) is 12.0 Å². The Bertz CT molecular complexity index is 547. The van der Waals surface area contributed by atoms with Crippen molar-refractivity contribution in [3.05, 3.63) is 116 Å². The largest absolute Gasteiger partial charge is 0.103 e.